The van der Waals surface area contributed by atoms with Crippen LogP contribution in [0.3, 0.4) is 0 Å². The molecule has 0 aliphatic carbocycles. The highest BCUT2D eigenvalue weighted by atomic mass is 16.4. The molecule has 1 rings (SSSR count). The van der Waals surface area contributed by atoms with Crippen LogP contribution in [0, 0.1) is 5.92 Å². The van der Waals surface area contributed by atoms with Crippen LogP contribution in [-0.4, -0.2) is 52.7 Å². The van der Waals surface area contributed by atoms with Gasteiger partial charge in [0.1, 0.15) is 17.8 Å². The number of nitrogens with one attached hydrogen (secondary N) is 2. The summed E-state index contributed by atoms with van der Waals surface area (Å²) < 4.78 is 0. The number of nitrogens with two attached hydrogens (primary N) is 2. The lowest BCUT2D eigenvalue weighted by Crippen LogP contribution is -2.55. The summed E-state index contributed by atoms with van der Waals surface area (Å²) in [6.07, 6.45) is 2.12. The molecule has 0 bridgehead atoms. The lowest BCUT2D eigenvalue weighted by atomic mass is 10.0. The van der Waals surface area contributed by atoms with Crippen molar-refractivity contribution in [3.63, 3.8) is 0 Å². The van der Waals surface area contributed by atoms with Gasteiger partial charge in [0.25, 0.3) is 0 Å². The van der Waals surface area contributed by atoms with Crippen molar-refractivity contribution in [2.24, 2.45) is 17.4 Å². The molecule has 9 heteroatoms. The minimum absolute atomic E-state index is 0.0394. The predicted octanol–water partition coefficient (Wildman–Crippen LogP) is 0.491. The number of phenols is 1. The van der Waals surface area contributed by atoms with E-state index in [0.717, 1.165) is 0 Å². The molecule has 2 amide bonds. The van der Waals surface area contributed by atoms with Crippen LogP contribution in [0.5, 0.6) is 5.75 Å². The fourth-order valence-corrected chi connectivity index (χ4v) is 3.00. The molecule has 0 spiro atoms. The smallest absolute Gasteiger partial charge is 0.326 e. The number of rotatable bonds is 13. The first-order valence-corrected chi connectivity index (χ1v) is 10.2. The SMILES string of the molecule is CC(C)CC(N)C(=O)NC(CCCCN)C(=O)NC(Cc1ccc(O)cc1)C(=O)O. The number of hydrogen-bond donors (Lipinski definition) is 6. The quantitative estimate of drug-likeness (QED) is 0.251. The van der Waals surface area contributed by atoms with E-state index >= 15 is 0 Å². The zero-order chi connectivity index (χ0) is 22.7. The molecular formula is C21H34N4O5. The number of carboxylic acids is 1. The number of phenolic OH excluding ortho intramolecular Hbond substituents is 1. The molecule has 0 aromatic heterocycles. The third-order valence-electron chi connectivity index (χ3n) is 4.63. The normalized spacial score (nSPS) is 14.0. The molecule has 1 aromatic rings. The number of carbonyl (C=O) groups excluding carboxylic acids is 2. The second-order valence-corrected chi connectivity index (χ2v) is 7.85. The molecule has 0 radical (unpaired) electrons. The Kier molecular flexibility index (Phi) is 10.8. The summed E-state index contributed by atoms with van der Waals surface area (Å²) in [7, 11) is 0. The van der Waals surface area contributed by atoms with Crippen LogP contribution in [0.2, 0.25) is 0 Å². The van der Waals surface area contributed by atoms with Crippen LogP contribution in [0.25, 0.3) is 0 Å². The average Bonchev–Trinajstić information content (AvgIpc) is 2.67. The topological polar surface area (TPSA) is 168 Å². The van der Waals surface area contributed by atoms with E-state index in [1.54, 1.807) is 12.1 Å². The monoisotopic (exact) mass is 422 g/mol. The van der Waals surface area contributed by atoms with Gasteiger partial charge in [-0.1, -0.05) is 26.0 Å². The van der Waals surface area contributed by atoms with Crippen LogP contribution in [0.15, 0.2) is 24.3 Å². The highest BCUT2D eigenvalue weighted by Gasteiger charge is 2.28. The molecule has 0 saturated carbocycles. The predicted molar refractivity (Wildman–Crippen MR) is 114 cm³/mol. The third kappa shape index (κ3) is 9.23. The van der Waals surface area contributed by atoms with Gasteiger partial charge in [0, 0.05) is 6.42 Å². The molecule has 0 saturated heterocycles. The van der Waals surface area contributed by atoms with Crippen molar-refractivity contribution in [1.29, 1.82) is 0 Å². The van der Waals surface area contributed by atoms with Crippen molar-refractivity contribution in [3.8, 4) is 5.75 Å². The maximum Gasteiger partial charge on any atom is 0.326 e. The van der Waals surface area contributed by atoms with E-state index in [2.05, 4.69) is 10.6 Å². The Morgan fingerprint density at radius 3 is 2.13 bits per heavy atom. The first-order chi connectivity index (χ1) is 14.1. The molecule has 3 atom stereocenters. The summed E-state index contributed by atoms with van der Waals surface area (Å²) in [5.41, 5.74) is 12.1. The van der Waals surface area contributed by atoms with Crippen molar-refractivity contribution in [3.05, 3.63) is 29.8 Å². The second-order valence-electron chi connectivity index (χ2n) is 7.85. The average molecular weight is 423 g/mol. The van der Waals surface area contributed by atoms with Gasteiger partial charge in [0.2, 0.25) is 11.8 Å². The number of unbranched alkanes of at least 4 members (excludes halogenated alkanes) is 1. The summed E-state index contributed by atoms with van der Waals surface area (Å²) in [5, 5.41) is 24.0. The number of carbonyl (C=O) groups is 3. The van der Waals surface area contributed by atoms with Crippen LogP contribution < -0.4 is 22.1 Å². The largest absolute Gasteiger partial charge is 0.508 e. The minimum atomic E-state index is -1.19. The number of hydrogen-bond acceptors (Lipinski definition) is 6. The van der Waals surface area contributed by atoms with Crippen molar-refractivity contribution in [1.82, 2.24) is 10.6 Å². The van der Waals surface area contributed by atoms with Gasteiger partial charge in [-0.15, -0.1) is 0 Å². The maximum atomic E-state index is 12.8. The van der Waals surface area contributed by atoms with Gasteiger partial charge in [-0.25, -0.2) is 4.79 Å². The van der Waals surface area contributed by atoms with Gasteiger partial charge >= 0.3 is 5.97 Å². The van der Waals surface area contributed by atoms with Crippen molar-refractivity contribution < 1.29 is 24.6 Å². The van der Waals surface area contributed by atoms with E-state index in [1.807, 2.05) is 13.8 Å². The van der Waals surface area contributed by atoms with Gasteiger partial charge in [0.15, 0.2) is 0 Å². The van der Waals surface area contributed by atoms with Gasteiger partial charge in [-0.3, -0.25) is 9.59 Å². The Morgan fingerprint density at radius 2 is 1.60 bits per heavy atom. The van der Waals surface area contributed by atoms with Gasteiger partial charge < -0.3 is 32.3 Å². The molecule has 3 unspecified atom stereocenters. The molecule has 0 aliphatic rings. The summed E-state index contributed by atoms with van der Waals surface area (Å²) in [6.45, 7) is 4.34. The highest BCUT2D eigenvalue weighted by molar-refractivity contribution is 5.91. The van der Waals surface area contributed by atoms with E-state index < -0.39 is 35.9 Å². The molecule has 0 heterocycles. The van der Waals surface area contributed by atoms with E-state index in [-0.39, 0.29) is 18.1 Å². The van der Waals surface area contributed by atoms with Crippen molar-refractivity contribution in [2.75, 3.05) is 6.54 Å². The van der Waals surface area contributed by atoms with E-state index in [9.17, 15) is 24.6 Å². The summed E-state index contributed by atoms with van der Waals surface area (Å²) in [6, 6.07) is 3.24. The van der Waals surface area contributed by atoms with Crippen LogP contribution >= 0.6 is 0 Å². The Balaban J connectivity index is 2.84. The van der Waals surface area contributed by atoms with Crippen molar-refractivity contribution in [2.45, 2.75) is 64.1 Å². The molecule has 1 aromatic carbocycles. The number of carboxylic acid groups (broad SMARTS) is 1. The Bertz CT molecular complexity index is 693. The molecule has 0 aliphatic heterocycles. The minimum Gasteiger partial charge on any atom is -0.508 e. The van der Waals surface area contributed by atoms with E-state index in [0.29, 0.717) is 37.8 Å². The summed E-state index contributed by atoms with van der Waals surface area (Å²) in [4.78, 5) is 36.8. The lowest BCUT2D eigenvalue weighted by molar-refractivity contribution is -0.142. The third-order valence-corrected chi connectivity index (χ3v) is 4.63. The van der Waals surface area contributed by atoms with E-state index in [4.69, 9.17) is 11.5 Å². The molecule has 8 N–H and O–H groups in total. The molecule has 168 valence electrons. The Hall–Kier alpha value is -2.65. The van der Waals surface area contributed by atoms with Gasteiger partial charge in [-0.05, 0) is 55.8 Å². The second kappa shape index (κ2) is 12.8. The molecular weight excluding hydrogens is 388 g/mol. The fraction of sp³-hybridized carbons (Fsp3) is 0.571. The van der Waals surface area contributed by atoms with Crippen LogP contribution in [0.1, 0.15) is 45.1 Å². The van der Waals surface area contributed by atoms with Gasteiger partial charge in [-0.2, -0.15) is 0 Å². The standard InChI is InChI=1S/C21H34N4O5/c1-13(2)11-16(23)19(27)24-17(5-3-4-10-22)20(28)25-18(21(29)30)12-14-6-8-15(26)9-7-14/h6-9,13,16-18,26H,3-5,10-12,22-23H2,1-2H3,(H,24,27)(H,25,28)(H,29,30). The van der Waals surface area contributed by atoms with Crippen molar-refractivity contribution >= 4 is 17.8 Å². The zero-order valence-electron chi connectivity index (χ0n) is 17.6. The highest BCUT2D eigenvalue weighted by Crippen LogP contribution is 2.12. The molecule has 0 fully saturated rings. The fourth-order valence-electron chi connectivity index (χ4n) is 3.00. The Labute approximate surface area is 177 Å². The number of aromatic hydroxyl groups is 1. The Morgan fingerprint density at radius 1 is 1.00 bits per heavy atom. The summed E-state index contributed by atoms with van der Waals surface area (Å²) >= 11 is 0. The zero-order valence-corrected chi connectivity index (χ0v) is 17.6. The van der Waals surface area contributed by atoms with Crippen LogP contribution in [-0.2, 0) is 20.8 Å². The van der Waals surface area contributed by atoms with Crippen LogP contribution in [0.4, 0.5) is 0 Å². The lowest BCUT2D eigenvalue weighted by Gasteiger charge is -2.23. The maximum absolute atomic E-state index is 12.8. The first kappa shape index (κ1) is 25.4. The molecule has 30 heavy (non-hydrogen) atoms. The van der Waals surface area contributed by atoms with E-state index in [1.165, 1.54) is 12.1 Å². The number of benzene rings is 1. The van der Waals surface area contributed by atoms with Gasteiger partial charge in [0.05, 0.1) is 6.04 Å². The summed E-state index contributed by atoms with van der Waals surface area (Å²) in [5.74, 6) is -1.93. The number of amides is 2. The molecule has 9 nitrogen and oxygen atoms in total. The number of aliphatic carboxylic acids is 1. The first-order valence-electron chi connectivity index (χ1n) is 10.2.